The number of carbonyl (C=O) groups is 1. The molecular weight excluding hydrogens is 614 g/mol. The molecule has 0 spiro atoms. The number of ether oxygens (including phenoxy) is 1. The summed E-state index contributed by atoms with van der Waals surface area (Å²) < 4.78 is 20.7. The molecule has 1 aromatic heterocycles. The van der Waals surface area contributed by atoms with E-state index in [0.29, 0.717) is 63.1 Å². The number of piperazine rings is 1. The molecule has 8 nitrogen and oxygen atoms in total. The van der Waals surface area contributed by atoms with Gasteiger partial charge in [-0.15, -0.1) is 0 Å². The number of methoxy groups -OCH3 is 1. The van der Waals surface area contributed by atoms with Gasteiger partial charge in [-0.3, -0.25) is 9.79 Å². The minimum absolute atomic E-state index is 0.118. The summed E-state index contributed by atoms with van der Waals surface area (Å²) in [5.74, 6) is 0.110. The topological polar surface area (TPSA) is 91.7 Å². The first-order valence-electron chi connectivity index (χ1n) is 14.5. The number of halogens is 3. The number of nitrogens with zero attached hydrogens (tertiary/aromatic N) is 4. The lowest BCUT2D eigenvalue weighted by atomic mass is 9.91. The maximum atomic E-state index is 15.2. The Kier molecular flexibility index (Phi) is 8.05. The molecule has 0 atom stereocenters. The zero-order valence-electron chi connectivity index (χ0n) is 25.6. The molecule has 0 unspecified atom stereocenters. The molecule has 4 aromatic rings. The maximum absolute atomic E-state index is 15.2. The molecule has 1 fully saturated rings. The third-order valence-corrected chi connectivity index (χ3v) is 8.34. The minimum atomic E-state index is -0.457. The Morgan fingerprint density at radius 2 is 1.78 bits per heavy atom. The lowest BCUT2D eigenvalue weighted by molar-refractivity contribution is 0.0472. The van der Waals surface area contributed by atoms with Gasteiger partial charge < -0.3 is 20.3 Å². The number of hydrogen-bond donors (Lipinski definition) is 2. The van der Waals surface area contributed by atoms with Crippen LogP contribution in [0.2, 0.25) is 10.0 Å². The summed E-state index contributed by atoms with van der Waals surface area (Å²) in [6, 6.07) is 15.2. The second-order valence-electron chi connectivity index (χ2n) is 12.6. The van der Waals surface area contributed by atoms with Crippen LogP contribution in [-0.2, 0) is 6.54 Å². The van der Waals surface area contributed by atoms with Crippen LogP contribution in [-0.4, -0.2) is 57.8 Å². The van der Waals surface area contributed by atoms with Crippen LogP contribution in [0.15, 0.2) is 65.8 Å². The number of aromatic nitrogens is 2. The summed E-state index contributed by atoms with van der Waals surface area (Å²) in [6.07, 6.45) is 1.70. The van der Waals surface area contributed by atoms with Crippen LogP contribution in [0.1, 0.15) is 54.7 Å². The standard InChI is InChI=1S/C34H33Cl2FN6O2/c1-33(2)17-43(18-34(3,4)42-33)31(44)23-12-10-21(14-25(23)36)40-32-39-16-19-15-38-30(28-26(37)7-6-8-27(28)45-5)24-13-20(35)9-11-22(24)29(19)41-32/h6-14,16,42H,15,17-18H2,1-5H3,(H,39,40,41). The molecule has 232 valence electrons. The molecule has 6 rings (SSSR count). The second-order valence-corrected chi connectivity index (χ2v) is 13.5. The van der Waals surface area contributed by atoms with E-state index < -0.39 is 5.82 Å². The van der Waals surface area contributed by atoms with Gasteiger partial charge in [-0.1, -0.05) is 35.3 Å². The predicted molar refractivity (Wildman–Crippen MR) is 177 cm³/mol. The first-order valence-corrected chi connectivity index (χ1v) is 15.3. The highest BCUT2D eigenvalue weighted by molar-refractivity contribution is 6.34. The van der Waals surface area contributed by atoms with Crippen LogP contribution in [0.25, 0.3) is 11.3 Å². The van der Waals surface area contributed by atoms with Gasteiger partial charge in [0.25, 0.3) is 5.91 Å². The number of amides is 1. The smallest absolute Gasteiger partial charge is 0.255 e. The van der Waals surface area contributed by atoms with Gasteiger partial charge in [0, 0.05) is 57.8 Å². The van der Waals surface area contributed by atoms with Crippen molar-refractivity contribution in [2.24, 2.45) is 4.99 Å². The minimum Gasteiger partial charge on any atom is -0.496 e. The summed E-state index contributed by atoms with van der Waals surface area (Å²) in [6.45, 7) is 9.68. The Morgan fingerprint density at radius 3 is 2.49 bits per heavy atom. The summed E-state index contributed by atoms with van der Waals surface area (Å²) in [5, 5.41) is 7.60. The van der Waals surface area contributed by atoms with Crippen molar-refractivity contribution in [3.63, 3.8) is 0 Å². The van der Waals surface area contributed by atoms with Gasteiger partial charge in [-0.2, -0.15) is 0 Å². The van der Waals surface area contributed by atoms with Crippen LogP contribution in [0.5, 0.6) is 5.75 Å². The molecule has 1 saturated heterocycles. The lowest BCUT2D eigenvalue weighted by Gasteiger charge is -2.48. The van der Waals surface area contributed by atoms with E-state index in [1.165, 1.54) is 13.2 Å². The highest BCUT2D eigenvalue weighted by Gasteiger charge is 2.39. The number of nitrogens with one attached hydrogen (secondary N) is 2. The molecule has 0 radical (unpaired) electrons. The fraction of sp³-hybridized carbons (Fsp3) is 0.294. The van der Waals surface area contributed by atoms with Crippen molar-refractivity contribution in [3.8, 4) is 17.0 Å². The molecule has 45 heavy (non-hydrogen) atoms. The predicted octanol–water partition coefficient (Wildman–Crippen LogP) is 7.30. The van der Waals surface area contributed by atoms with Gasteiger partial charge in [-0.05, 0) is 70.2 Å². The summed E-state index contributed by atoms with van der Waals surface area (Å²) in [5.41, 5.74) is 3.99. The Morgan fingerprint density at radius 1 is 1.02 bits per heavy atom. The Hall–Kier alpha value is -4.05. The van der Waals surface area contributed by atoms with E-state index in [1.807, 2.05) is 11.0 Å². The van der Waals surface area contributed by atoms with Gasteiger partial charge in [0.2, 0.25) is 5.95 Å². The van der Waals surface area contributed by atoms with Gasteiger partial charge in [-0.25, -0.2) is 14.4 Å². The van der Waals surface area contributed by atoms with Crippen molar-refractivity contribution in [2.45, 2.75) is 45.3 Å². The molecule has 0 aliphatic carbocycles. The largest absolute Gasteiger partial charge is 0.496 e. The monoisotopic (exact) mass is 646 g/mol. The summed E-state index contributed by atoms with van der Waals surface area (Å²) in [4.78, 5) is 29.5. The van der Waals surface area contributed by atoms with E-state index in [9.17, 15) is 4.79 Å². The van der Waals surface area contributed by atoms with Crippen molar-refractivity contribution in [2.75, 3.05) is 25.5 Å². The molecule has 0 bridgehead atoms. The number of anilines is 2. The average Bonchev–Trinajstić information content (AvgIpc) is 3.11. The zero-order chi connectivity index (χ0) is 32.1. The number of benzene rings is 3. The van der Waals surface area contributed by atoms with Crippen molar-refractivity contribution >= 4 is 46.5 Å². The van der Waals surface area contributed by atoms with E-state index in [0.717, 1.165) is 11.1 Å². The summed E-state index contributed by atoms with van der Waals surface area (Å²) in [7, 11) is 1.49. The first kappa shape index (κ1) is 31.0. The maximum Gasteiger partial charge on any atom is 0.255 e. The van der Waals surface area contributed by atoms with Crippen LogP contribution in [0, 0.1) is 5.82 Å². The molecule has 2 aliphatic heterocycles. The molecule has 2 N–H and O–H groups in total. The Balaban J connectivity index is 1.31. The third kappa shape index (κ3) is 6.25. The SMILES string of the molecule is COc1cccc(F)c1C1=NCc2cnc(Nc3ccc(C(=O)N4CC(C)(C)NC(C)(C)C4)c(Cl)c3)nc2-c2ccc(Cl)cc21. The van der Waals surface area contributed by atoms with E-state index in [1.54, 1.807) is 48.7 Å². The molecule has 3 aromatic carbocycles. The highest BCUT2D eigenvalue weighted by Crippen LogP contribution is 2.36. The number of fused-ring (bicyclic) bond motifs is 3. The molecular formula is C34H33Cl2FN6O2. The molecule has 1 amide bonds. The average molecular weight is 648 g/mol. The van der Waals surface area contributed by atoms with Crippen LogP contribution < -0.4 is 15.4 Å². The van der Waals surface area contributed by atoms with Crippen LogP contribution in [0.3, 0.4) is 0 Å². The molecule has 2 aliphatic rings. The molecule has 11 heteroatoms. The lowest BCUT2D eigenvalue weighted by Crippen LogP contribution is -2.67. The van der Waals surface area contributed by atoms with Crippen LogP contribution >= 0.6 is 23.2 Å². The van der Waals surface area contributed by atoms with Gasteiger partial charge in [0.1, 0.15) is 11.6 Å². The quantitative estimate of drug-likeness (QED) is 0.236. The van der Waals surface area contributed by atoms with Crippen molar-refractivity contribution in [1.82, 2.24) is 20.2 Å². The number of aliphatic imine (C=N–C) groups is 1. The molecule has 0 saturated carbocycles. The number of carbonyl (C=O) groups excluding carboxylic acids is 1. The van der Waals surface area contributed by atoms with Gasteiger partial charge in [0.05, 0.1) is 41.2 Å². The third-order valence-electron chi connectivity index (χ3n) is 7.79. The Labute approximate surface area is 271 Å². The van der Waals surface area contributed by atoms with Crippen molar-refractivity contribution < 1.29 is 13.9 Å². The van der Waals surface area contributed by atoms with E-state index in [-0.39, 0.29) is 29.1 Å². The van der Waals surface area contributed by atoms with Crippen molar-refractivity contribution in [3.05, 3.63) is 98.9 Å². The second kappa shape index (κ2) is 11.7. The number of hydrogen-bond acceptors (Lipinski definition) is 7. The van der Waals surface area contributed by atoms with Crippen molar-refractivity contribution in [1.29, 1.82) is 0 Å². The fourth-order valence-corrected chi connectivity index (χ4v) is 6.75. The molecule has 3 heterocycles. The van der Waals surface area contributed by atoms with Gasteiger partial charge in [0.15, 0.2) is 0 Å². The van der Waals surface area contributed by atoms with E-state index in [4.69, 9.17) is 37.9 Å². The zero-order valence-corrected chi connectivity index (χ0v) is 27.1. The highest BCUT2D eigenvalue weighted by atomic mass is 35.5. The first-order chi connectivity index (χ1) is 21.3. The normalized spacial score (nSPS) is 16.6. The Bertz CT molecular complexity index is 1840. The van der Waals surface area contributed by atoms with E-state index >= 15 is 4.39 Å². The number of rotatable bonds is 5. The summed E-state index contributed by atoms with van der Waals surface area (Å²) >= 11 is 13.1. The fourth-order valence-electron chi connectivity index (χ4n) is 6.32. The van der Waals surface area contributed by atoms with Gasteiger partial charge >= 0.3 is 0 Å². The van der Waals surface area contributed by atoms with Crippen LogP contribution in [0.4, 0.5) is 16.0 Å². The van der Waals surface area contributed by atoms with E-state index in [2.05, 4.69) is 43.3 Å².